The van der Waals surface area contributed by atoms with E-state index in [1.165, 1.54) is 18.2 Å². The standard InChI is InChI=1S/C12H13FO3S/c1-8-11(14)5-6-12(8)17(15,16)10-4-2-3-9(13)7-10/h2-4,7-8,12H,5-6H2,1H3. The van der Waals surface area contributed by atoms with Gasteiger partial charge in [-0.15, -0.1) is 0 Å². The van der Waals surface area contributed by atoms with E-state index in [2.05, 4.69) is 0 Å². The normalized spacial score (nSPS) is 25.2. The maximum atomic E-state index is 13.0. The van der Waals surface area contributed by atoms with Crippen molar-refractivity contribution in [3.63, 3.8) is 0 Å². The van der Waals surface area contributed by atoms with Gasteiger partial charge in [-0.25, -0.2) is 12.8 Å². The molecule has 0 amide bonds. The van der Waals surface area contributed by atoms with Crippen LogP contribution in [-0.2, 0) is 14.6 Å². The molecule has 1 aromatic carbocycles. The number of ketones is 1. The first-order chi connectivity index (χ1) is 7.93. The van der Waals surface area contributed by atoms with Crippen molar-refractivity contribution in [2.75, 3.05) is 0 Å². The first-order valence-corrected chi connectivity index (χ1v) is 7.00. The van der Waals surface area contributed by atoms with Crippen molar-refractivity contribution in [3.05, 3.63) is 30.1 Å². The lowest BCUT2D eigenvalue weighted by atomic mass is 10.1. The summed E-state index contributed by atoms with van der Waals surface area (Å²) in [6.07, 6.45) is 0.624. The van der Waals surface area contributed by atoms with E-state index in [0.29, 0.717) is 12.8 Å². The predicted octanol–water partition coefficient (Wildman–Crippen LogP) is 1.97. The van der Waals surface area contributed by atoms with E-state index < -0.39 is 26.8 Å². The molecule has 0 radical (unpaired) electrons. The summed E-state index contributed by atoms with van der Waals surface area (Å²) in [6, 6.07) is 4.94. The van der Waals surface area contributed by atoms with Gasteiger partial charge in [-0.05, 0) is 24.6 Å². The number of hydrogen-bond acceptors (Lipinski definition) is 3. The average molecular weight is 256 g/mol. The van der Waals surface area contributed by atoms with Crippen LogP contribution in [0, 0.1) is 11.7 Å². The number of rotatable bonds is 2. The third-order valence-corrected chi connectivity index (χ3v) is 5.62. The van der Waals surface area contributed by atoms with E-state index >= 15 is 0 Å². The molecule has 5 heteroatoms. The Morgan fingerprint density at radius 1 is 1.35 bits per heavy atom. The van der Waals surface area contributed by atoms with Crippen LogP contribution >= 0.6 is 0 Å². The van der Waals surface area contributed by atoms with Crippen LogP contribution in [0.25, 0.3) is 0 Å². The summed E-state index contributed by atoms with van der Waals surface area (Å²) >= 11 is 0. The fourth-order valence-electron chi connectivity index (χ4n) is 2.21. The summed E-state index contributed by atoms with van der Waals surface area (Å²) in [7, 11) is -3.60. The average Bonchev–Trinajstić information content (AvgIpc) is 2.60. The van der Waals surface area contributed by atoms with Crippen LogP contribution in [0.1, 0.15) is 19.8 Å². The SMILES string of the molecule is CC1C(=O)CCC1S(=O)(=O)c1cccc(F)c1. The van der Waals surface area contributed by atoms with Gasteiger partial charge >= 0.3 is 0 Å². The van der Waals surface area contributed by atoms with E-state index in [9.17, 15) is 17.6 Å². The quantitative estimate of drug-likeness (QED) is 0.812. The van der Waals surface area contributed by atoms with Gasteiger partial charge in [0.2, 0.25) is 0 Å². The van der Waals surface area contributed by atoms with Gasteiger partial charge in [-0.3, -0.25) is 4.79 Å². The summed E-state index contributed by atoms with van der Waals surface area (Å²) in [5.74, 6) is -1.11. The Kier molecular flexibility index (Phi) is 3.03. The molecule has 1 aromatic rings. The molecule has 1 saturated carbocycles. The van der Waals surface area contributed by atoms with Crippen LogP contribution in [-0.4, -0.2) is 19.5 Å². The maximum Gasteiger partial charge on any atom is 0.182 e. The van der Waals surface area contributed by atoms with Crippen molar-refractivity contribution in [1.29, 1.82) is 0 Å². The highest BCUT2D eigenvalue weighted by Gasteiger charge is 2.40. The molecule has 3 nitrogen and oxygen atoms in total. The molecule has 1 aliphatic carbocycles. The minimum absolute atomic E-state index is 0.0324. The highest BCUT2D eigenvalue weighted by Crippen LogP contribution is 2.32. The van der Waals surface area contributed by atoms with Crippen molar-refractivity contribution in [1.82, 2.24) is 0 Å². The topological polar surface area (TPSA) is 51.2 Å². The molecular weight excluding hydrogens is 243 g/mol. The smallest absolute Gasteiger partial charge is 0.182 e. The fourth-order valence-corrected chi connectivity index (χ4v) is 4.22. The molecule has 0 N–H and O–H groups in total. The van der Waals surface area contributed by atoms with Crippen molar-refractivity contribution >= 4 is 15.6 Å². The van der Waals surface area contributed by atoms with Crippen LogP contribution in [0.4, 0.5) is 4.39 Å². The summed E-state index contributed by atoms with van der Waals surface area (Å²) in [5.41, 5.74) is 0. The third-order valence-electron chi connectivity index (χ3n) is 3.26. The van der Waals surface area contributed by atoms with Crippen molar-refractivity contribution in [3.8, 4) is 0 Å². The lowest BCUT2D eigenvalue weighted by Crippen LogP contribution is -2.26. The van der Waals surface area contributed by atoms with Crippen LogP contribution in [0.3, 0.4) is 0 Å². The minimum atomic E-state index is -3.60. The molecule has 0 spiro atoms. The zero-order valence-corrected chi connectivity index (χ0v) is 10.2. The summed E-state index contributed by atoms with van der Waals surface area (Å²) < 4.78 is 37.5. The van der Waals surface area contributed by atoms with E-state index in [0.717, 1.165) is 6.07 Å². The second-order valence-electron chi connectivity index (χ2n) is 4.33. The fraction of sp³-hybridized carbons (Fsp3) is 0.417. The molecule has 17 heavy (non-hydrogen) atoms. The largest absolute Gasteiger partial charge is 0.299 e. The number of halogens is 1. The maximum absolute atomic E-state index is 13.0. The Bertz CT molecular complexity index is 551. The molecule has 0 aliphatic heterocycles. The second-order valence-corrected chi connectivity index (χ2v) is 6.50. The van der Waals surface area contributed by atoms with E-state index in [1.807, 2.05) is 0 Å². The number of sulfone groups is 1. The molecule has 1 fully saturated rings. The lowest BCUT2D eigenvalue weighted by molar-refractivity contribution is -0.120. The Morgan fingerprint density at radius 2 is 2.06 bits per heavy atom. The van der Waals surface area contributed by atoms with Crippen molar-refractivity contribution < 1.29 is 17.6 Å². The van der Waals surface area contributed by atoms with Crippen LogP contribution in [0.15, 0.2) is 29.2 Å². The first kappa shape index (κ1) is 12.2. The molecule has 0 saturated heterocycles. The minimum Gasteiger partial charge on any atom is -0.299 e. The Balaban J connectivity index is 2.41. The summed E-state index contributed by atoms with van der Waals surface area (Å²) in [4.78, 5) is 11.4. The van der Waals surface area contributed by atoms with Crippen LogP contribution < -0.4 is 0 Å². The number of carbonyl (C=O) groups is 1. The molecule has 2 atom stereocenters. The van der Waals surface area contributed by atoms with Gasteiger partial charge in [0.15, 0.2) is 9.84 Å². The molecule has 2 unspecified atom stereocenters. The van der Waals surface area contributed by atoms with Gasteiger partial charge in [0, 0.05) is 12.3 Å². The van der Waals surface area contributed by atoms with Gasteiger partial charge < -0.3 is 0 Å². The number of hydrogen-bond donors (Lipinski definition) is 0. The Hall–Kier alpha value is -1.23. The molecule has 92 valence electrons. The van der Waals surface area contributed by atoms with E-state index in [-0.39, 0.29) is 10.7 Å². The zero-order valence-electron chi connectivity index (χ0n) is 9.39. The third kappa shape index (κ3) is 2.11. The molecular formula is C12H13FO3S. The van der Waals surface area contributed by atoms with Crippen molar-refractivity contribution in [2.45, 2.75) is 29.9 Å². The molecule has 0 aromatic heterocycles. The zero-order chi connectivity index (χ0) is 12.6. The van der Waals surface area contributed by atoms with E-state index in [1.54, 1.807) is 6.92 Å². The van der Waals surface area contributed by atoms with Gasteiger partial charge in [-0.1, -0.05) is 13.0 Å². The highest BCUT2D eigenvalue weighted by atomic mass is 32.2. The number of benzene rings is 1. The van der Waals surface area contributed by atoms with E-state index in [4.69, 9.17) is 0 Å². The predicted molar refractivity (Wildman–Crippen MR) is 60.8 cm³/mol. The second kappa shape index (κ2) is 4.22. The van der Waals surface area contributed by atoms with Gasteiger partial charge in [0.05, 0.1) is 10.1 Å². The molecule has 2 rings (SSSR count). The summed E-state index contributed by atoms with van der Waals surface area (Å²) in [6.45, 7) is 1.62. The first-order valence-electron chi connectivity index (χ1n) is 5.45. The molecule has 0 bridgehead atoms. The Labute approximate surface area is 99.6 Å². The lowest BCUT2D eigenvalue weighted by Gasteiger charge is -2.15. The highest BCUT2D eigenvalue weighted by molar-refractivity contribution is 7.92. The van der Waals surface area contributed by atoms with Gasteiger partial charge in [-0.2, -0.15) is 0 Å². The van der Waals surface area contributed by atoms with Crippen LogP contribution in [0.5, 0.6) is 0 Å². The number of carbonyl (C=O) groups excluding carboxylic acids is 1. The molecule has 0 heterocycles. The van der Waals surface area contributed by atoms with Gasteiger partial charge in [0.1, 0.15) is 11.6 Å². The summed E-state index contributed by atoms with van der Waals surface area (Å²) in [5, 5.41) is -0.711. The van der Waals surface area contributed by atoms with Crippen molar-refractivity contribution in [2.24, 2.45) is 5.92 Å². The Morgan fingerprint density at radius 3 is 2.59 bits per heavy atom. The number of Topliss-reactive ketones (excluding diaryl/α,β-unsaturated/α-hetero) is 1. The van der Waals surface area contributed by atoms with Gasteiger partial charge in [0.25, 0.3) is 0 Å². The molecule has 1 aliphatic rings. The monoisotopic (exact) mass is 256 g/mol. The van der Waals surface area contributed by atoms with Crippen LogP contribution in [0.2, 0.25) is 0 Å².